The highest BCUT2D eigenvalue weighted by Crippen LogP contribution is 2.41. The Balaban J connectivity index is 1.73. The van der Waals surface area contributed by atoms with E-state index in [0.29, 0.717) is 43.6 Å². The van der Waals surface area contributed by atoms with Gasteiger partial charge in [-0.1, -0.05) is 47.5 Å². The molecule has 0 radical (unpaired) electrons. The molecule has 2 atom stereocenters. The molecule has 2 aromatic heterocycles. The fourth-order valence-corrected chi connectivity index (χ4v) is 5.61. The predicted octanol–water partition coefficient (Wildman–Crippen LogP) is 6.84. The maximum Gasteiger partial charge on any atom is 0.169 e. The van der Waals surface area contributed by atoms with Crippen LogP contribution < -0.4 is 10.5 Å². The third-order valence-corrected chi connectivity index (χ3v) is 7.43. The van der Waals surface area contributed by atoms with Crippen LogP contribution in [0.5, 0.6) is 0 Å². The number of anilines is 1. The molecule has 0 bridgehead atoms. The third-order valence-electron chi connectivity index (χ3n) is 6.30. The Morgan fingerprint density at radius 1 is 1.00 bits per heavy atom. The van der Waals surface area contributed by atoms with Gasteiger partial charge in [0.25, 0.3) is 0 Å². The predicted molar refractivity (Wildman–Crippen MR) is 154 cm³/mol. The van der Waals surface area contributed by atoms with Crippen LogP contribution in [0.15, 0.2) is 66.9 Å². The Labute approximate surface area is 236 Å². The summed E-state index contributed by atoms with van der Waals surface area (Å²) in [6, 6.07) is 15.5. The van der Waals surface area contributed by atoms with Crippen molar-refractivity contribution in [1.29, 1.82) is 0 Å². The average Bonchev–Trinajstić information content (AvgIpc) is 3.19. The first-order chi connectivity index (χ1) is 18.6. The summed E-state index contributed by atoms with van der Waals surface area (Å²) in [7, 11) is 0.375. The monoisotopic (exact) mass is 585 g/mol. The number of benzene rings is 3. The molecule has 0 amide bonds. The zero-order valence-corrected chi connectivity index (χ0v) is 23.2. The number of halogens is 4. The quantitative estimate of drug-likeness (QED) is 0.219. The number of rotatable bonds is 7. The highest BCUT2D eigenvalue weighted by atomic mass is 35.5. The smallest absolute Gasteiger partial charge is 0.169 e. The topological polar surface area (TPSA) is 85.8 Å². The van der Waals surface area contributed by atoms with E-state index in [9.17, 15) is 13.0 Å². The van der Waals surface area contributed by atoms with Crippen molar-refractivity contribution in [2.45, 2.75) is 12.5 Å². The normalized spacial score (nSPS) is 13.0. The minimum absolute atomic E-state index is 0.143. The highest BCUT2D eigenvalue weighted by Gasteiger charge is 2.23. The van der Waals surface area contributed by atoms with Gasteiger partial charge in [-0.15, -0.1) is 0 Å². The van der Waals surface area contributed by atoms with E-state index in [4.69, 9.17) is 33.9 Å². The van der Waals surface area contributed by atoms with Crippen molar-refractivity contribution in [3.05, 3.63) is 99.8 Å². The average molecular weight is 586 g/mol. The van der Waals surface area contributed by atoms with E-state index in [1.807, 2.05) is 30.3 Å². The Morgan fingerprint density at radius 2 is 1.72 bits per heavy atom. The summed E-state index contributed by atoms with van der Waals surface area (Å²) in [4.78, 5) is 4.73. The minimum atomic E-state index is -1.38. The summed E-state index contributed by atoms with van der Waals surface area (Å²) in [6.07, 6.45) is 3.32. The lowest BCUT2D eigenvalue weighted by atomic mass is 9.92. The highest BCUT2D eigenvalue weighted by molar-refractivity contribution is 7.85. The van der Waals surface area contributed by atoms with Crippen LogP contribution in [0.3, 0.4) is 0 Å². The van der Waals surface area contributed by atoms with E-state index in [1.54, 1.807) is 30.1 Å². The lowest BCUT2D eigenvalue weighted by molar-refractivity contribution is 0.576. The summed E-state index contributed by atoms with van der Waals surface area (Å²) in [5.74, 6) is -0.986. The van der Waals surface area contributed by atoms with Gasteiger partial charge in [-0.3, -0.25) is 14.4 Å². The van der Waals surface area contributed by atoms with Crippen LogP contribution in [-0.2, 0) is 24.5 Å². The van der Waals surface area contributed by atoms with Crippen LogP contribution in [0.1, 0.15) is 17.3 Å². The van der Waals surface area contributed by atoms with Crippen LogP contribution in [-0.4, -0.2) is 25.2 Å². The summed E-state index contributed by atoms with van der Waals surface area (Å²) in [5, 5.41) is 6.06. The van der Waals surface area contributed by atoms with Gasteiger partial charge in [0.1, 0.15) is 22.6 Å². The Kier molecular flexibility index (Phi) is 7.68. The van der Waals surface area contributed by atoms with E-state index in [2.05, 4.69) is 9.82 Å². The second-order valence-corrected chi connectivity index (χ2v) is 11.0. The van der Waals surface area contributed by atoms with Crippen LogP contribution >= 0.6 is 23.2 Å². The molecule has 0 saturated heterocycles. The molecule has 2 heterocycles. The lowest BCUT2D eigenvalue weighted by Crippen LogP contribution is -2.17. The maximum atomic E-state index is 13.9. The van der Waals surface area contributed by atoms with Gasteiger partial charge in [0.2, 0.25) is 0 Å². The Morgan fingerprint density at radius 3 is 2.41 bits per heavy atom. The summed E-state index contributed by atoms with van der Waals surface area (Å²) in [5.41, 5.74) is 11.1. The number of nitrogens with two attached hydrogens (primary N) is 1. The van der Waals surface area contributed by atoms with Crippen molar-refractivity contribution in [3.8, 4) is 22.3 Å². The number of fused-ring (bicyclic) bond motifs is 1. The minimum Gasteiger partial charge on any atom is -0.322 e. The van der Waals surface area contributed by atoms with Crippen molar-refractivity contribution in [3.63, 3.8) is 0 Å². The number of aromatic nitrogens is 3. The zero-order valence-electron chi connectivity index (χ0n) is 20.9. The van der Waals surface area contributed by atoms with Gasteiger partial charge in [-0.05, 0) is 42.3 Å². The molecule has 200 valence electrons. The van der Waals surface area contributed by atoms with Gasteiger partial charge in [0.15, 0.2) is 5.82 Å². The molecular formula is C28H23Cl2F2N5OS. The molecule has 11 heteroatoms. The third kappa shape index (κ3) is 5.53. The summed E-state index contributed by atoms with van der Waals surface area (Å²) in [6.45, 7) is 0. The van der Waals surface area contributed by atoms with E-state index >= 15 is 0 Å². The molecule has 3 N–H and O–H groups in total. The Bertz CT molecular complexity index is 1720. The molecule has 1 unspecified atom stereocenters. The molecule has 0 spiro atoms. The molecule has 5 rings (SSSR count). The lowest BCUT2D eigenvalue weighted by Gasteiger charge is -2.19. The van der Waals surface area contributed by atoms with Crippen LogP contribution in [0.4, 0.5) is 14.6 Å². The van der Waals surface area contributed by atoms with Crippen molar-refractivity contribution >= 4 is 50.9 Å². The molecule has 6 nitrogen and oxygen atoms in total. The molecule has 0 saturated carbocycles. The zero-order chi connectivity index (χ0) is 27.8. The van der Waals surface area contributed by atoms with Gasteiger partial charge >= 0.3 is 0 Å². The van der Waals surface area contributed by atoms with Crippen molar-refractivity contribution in [2.24, 2.45) is 12.8 Å². The molecule has 0 fully saturated rings. The van der Waals surface area contributed by atoms with Gasteiger partial charge < -0.3 is 5.73 Å². The van der Waals surface area contributed by atoms with Gasteiger partial charge in [-0.2, -0.15) is 5.10 Å². The molecule has 0 aliphatic rings. The van der Waals surface area contributed by atoms with E-state index in [1.165, 1.54) is 18.4 Å². The standard InChI is InChI=1S/C28H23Cl2F2N5OS/c1-37-27-20(7-8-23(30)25(27)28(35-37)36-39(2)38)21-12-16(19-5-3-4-6-22(19)29)14-34-26(21)24(33)11-15-9-17(31)13-18(32)10-15/h3-10,12-14,24H,11,33H2,1-2H3,(H,35,36)/t24-,39?/m0/s1. The fourth-order valence-electron chi connectivity index (χ4n) is 4.71. The van der Waals surface area contributed by atoms with Crippen LogP contribution in [0.25, 0.3) is 33.2 Å². The first-order valence-corrected chi connectivity index (χ1v) is 14.1. The van der Waals surface area contributed by atoms with Crippen molar-refractivity contribution in [1.82, 2.24) is 14.8 Å². The largest absolute Gasteiger partial charge is 0.322 e. The number of nitrogens with zero attached hydrogens (tertiary/aromatic N) is 3. The molecule has 0 aliphatic carbocycles. The van der Waals surface area contributed by atoms with Crippen LogP contribution in [0.2, 0.25) is 10.0 Å². The van der Waals surface area contributed by atoms with Gasteiger partial charge in [0, 0.05) is 52.8 Å². The van der Waals surface area contributed by atoms with Gasteiger partial charge in [0.05, 0.1) is 27.7 Å². The molecule has 39 heavy (non-hydrogen) atoms. The molecule has 0 aliphatic heterocycles. The second-order valence-electron chi connectivity index (χ2n) is 9.07. The first-order valence-electron chi connectivity index (χ1n) is 11.8. The second kappa shape index (κ2) is 11.0. The number of nitrogens with one attached hydrogen (secondary N) is 1. The van der Waals surface area contributed by atoms with Gasteiger partial charge in [-0.25, -0.2) is 13.0 Å². The summed E-state index contributed by atoms with van der Waals surface area (Å²) < 4.78 is 44.2. The fraction of sp³-hybridized carbons (Fsp3) is 0.143. The van der Waals surface area contributed by atoms with E-state index in [-0.39, 0.29) is 6.42 Å². The summed E-state index contributed by atoms with van der Waals surface area (Å²) >= 11 is 13.1. The maximum absolute atomic E-state index is 13.9. The van der Waals surface area contributed by atoms with Crippen LogP contribution in [0, 0.1) is 11.6 Å². The number of pyridine rings is 1. The number of hydrogen-bond acceptors (Lipinski definition) is 4. The van der Waals surface area contributed by atoms with Crippen molar-refractivity contribution in [2.75, 3.05) is 11.0 Å². The first kappa shape index (κ1) is 27.2. The molecule has 5 aromatic rings. The number of aryl methyl sites for hydroxylation is 1. The molecule has 3 aromatic carbocycles. The SMILES string of the molecule is Cn1nc(NS(C)=O)c2c(Cl)ccc(-c3cc(-c4ccccc4Cl)cnc3[C@@H](N)Cc3cc(F)cc(F)c3)c21. The van der Waals surface area contributed by atoms with E-state index in [0.717, 1.165) is 22.8 Å². The number of hydrogen-bond donors (Lipinski definition) is 2. The Hall–Kier alpha value is -3.37. The van der Waals surface area contributed by atoms with E-state index < -0.39 is 28.7 Å². The van der Waals surface area contributed by atoms with Crippen molar-refractivity contribution < 1.29 is 13.0 Å². The molecular weight excluding hydrogens is 563 g/mol.